The largest absolute Gasteiger partial charge is 0.495 e. The first kappa shape index (κ1) is 13.2. The summed E-state index contributed by atoms with van der Waals surface area (Å²) in [7, 11) is 3.93. The van der Waals surface area contributed by atoms with Gasteiger partial charge in [0.05, 0.1) is 12.8 Å². The summed E-state index contributed by atoms with van der Waals surface area (Å²) in [4.78, 5) is 2.38. The monoisotopic (exact) mass is 248 g/mol. The Morgan fingerprint density at radius 2 is 1.78 bits per heavy atom. The number of anilines is 1. The lowest BCUT2D eigenvalue weighted by Gasteiger charge is -2.30. The van der Waals surface area contributed by atoms with Gasteiger partial charge in [0.25, 0.3) is 0 Å². The highest BCUT2D eigenvalue weighted by atomic mass is 16.5. The van der Waals surface area contributed by atoms with E-state index in [4.69, 9.17) is 4.74 Å². The van der Waals surface area contributed by atoms with E-state index in [2.05, 4.69) is 43.2 Å². The van der Waals surface area contributed by atoms with Gasteiger partial charge < -0.3 is 15.0 Å². The van der Waals surface area contributed by atoms with Crippen molar-refractivity contribution < 1.29 is 4.74 Å². The lowest BCUT2D eigenvalue weighted by Crippen LogP contribution is -2.36. The standard InChI is InChI=1S/C15H24N2O/c1-11-9-14(15(18-4)10-12(11)2)16-13-5-7-17(3)8-6-13/h9-10,13,16H,5-8H2,1-4H3. The zero-order chi connectivity index (χ0) is 13.1. The molecule has 1 heterocycles. The van der Waals surface area contributed by atoms with Crippen molar-refractivity contribution in [1.29, 1.82) is 0 Å². The minimum absolute atomic E-state index is 0.567. The topological polar surface area (TPSA) is 24.5 Å². The van der Waals surface area contributed by atoms with E-state index < -0.39 is 0 Å². The van der Waals surface area contributed by atoms with Crippen molar-refractivity contribution >= 4 is 5.69 Å². The van der Waals surface area contributed by atoms with Crippen molar-refractivity contribution in [3.63, 3.8) is 0 Å². The molecule has 1 N–H and O–H groups in total. The highest BCUT2D eigenvalue weighted by molar-refractivity contribution is 5.60. The number of aryl methyl sites for hydroxylation is 2. The van der Waals surface area contributed by atoms with Gasteiger partial charge in [-0.1, -0.05) is 0 Å². The molecule has 1 aromatic rings. The van der Waals surface area contributed by atoms with Gasteiger partial charge in [-0.3, -0.25) is 0 Å². The molecule has 1 aromatic carbocycles. The fraction of sp³-hybridized carbons (Fsp3) is 0.600. The smallest absolute Gasteiger partial charge is 0.142 e. The summed E-state index contributed by atoms with van der Waals surface area (Å²) in [5.74, 6) is 0.956. The van der Waals surface area contributed by atoms with E-state index in [9.17, 15) is 0 Å². The number of methoxy groups -OCH3 is 1. The number of ether oxygens (including phenoxy) is 1. The fourth-order valence-electron chi connectivity index (χ4n) is 2.44. The first-order chi connectivity index (χ1) is 8.60. The van der Waals surface area contributed by atoms with Gasteiger partial charge in [0.15, 0.2) is 0 Å². The van der Waals surface area contributed by atoms with Crippen LogP contribution in [0.25, 0.3) is 0 Å². The molecule has 0 aliphatic carbocycles. The van der Waals surface area contributed by atoms with Crippen LogP contribution in [-0.4, -0.2) is 38.2 Å². The third-order valence-electron chi connectivity index (χ3n) is 3.89. The number of piperidine rings is 1. The molecule has 1 fully saturated rings. The van der Waals surface area contributed by atoms with Gasteiger partial charge >= 0.3 is 0 Å². The lowest BCUT2D eigenvalue weighted by molar-refractivity contribution is 0.263. The van der Waals surface area contributed by atoms with E-state index in [1.54, 1.807) is 7.11 Å². The molecular formula is C15H24N2O. The second-order valence-electron chi connectivity index (χ2n) is 5.36. The first-order valence-corrected chi connectivity index (χ1v) is 6.70. The van der Waals surface area contributed by atoms with Crippen LogP contribution in [0.15, 0.2) is 12.1 Å². The molecular weight excluding hydrogens is 224 g/mol. The molecule has 1 aliphatic heterocycles. The van der Waals surface area contributed by atoms with E-state index >= 15 is 0 Å². The van der Waals surface area contributed by atoms with Crippen LogP contribution in [0.3, 0.4) is 0 Å². The molecule has 1 aliphatic rings. The van der Waals surface area contributed by atoms with Gasteiger partial charge in [-0.15, -0.1) is 0 Å². The Bertz CT molecular complexity index is 409. The van der Waals surface area contributed by atoms with E-state index in [-0.39, 0.29) is 0 Å². The highest BCUT2D eigenvalue weighted by Crippen LogP contribution is 2.29. The maximum Gasteiger partial charge on any atom is 0.142 e. The van der Waals surface area contributed by atoms with E-state index in [1.165, 1.54) is 37.1 Å². The van der Waals surface area contributed by atoms with Crippen molar-refractivity contribution in [2.45, 2.75) is 32.7 Å². The molecule has 0 unspecified atom stereocenters. The molecule has 1 saturated heterocycles. The average molecular weight is 248 g/mol. The molecule has 0 radical (unpaired) electrons. The number of benzene rings is 1. The van der Waals surface area contributed by atoms with Gasteiger partial charge in [0.2, 0.25) is 0 Å². The minimum Gasteiger partial charge on any atom is -0.495 e. The molecule has 0 spiro atoms. The highest BCUT2D eigenvalue weighted by Gasteiger charge is 2.17. The molecule has 3 heteroatoms. The normalized spacial score (nSPS) is 17.8. The van der Waals surface area contributed by atoms with E-state index in [1.807, 2.05) is 0 Å². The molecule has 100 valence electrons. The summed E-state index contributed by atoms with van der Waals surface area (Å²) in [6, 6.07) is 4.89. The van der Waals surface area contributed by atoms with Gasteiger partial charge in [0.1, 0.15) is 5.75 Å². The van der Waals surface area contributed by atoms with Crippen molar-refractivity contribution in [1.82, 2.24) is 4.90 Å². The summed E-state index contributed by atoms with van der Waals surface area (Å²) in [5, 5.41) is 3.64. The molecule has 0 aromatic heterocycles. The van der Waals surface area contributed by atoms with Crippen LogP contribution in [0, 0.1) is 13.8 Å². The number of hydrogen-bond donors (Lipinski definition) is 1. The maximum atomic E-state index is 5.47. The van der Waals surface area contributed by atoms with Gasteiger partial charge in [0, 0.05) is 6.04 Å². The third-order valence-corrected chi connectivity index (χ3v) is 3.89. The van der Waals surface area contributed by atoms with Crippen LogP contribution in [0.2, 0.25) is 0 Å². The summed E-state index contributed by atoms with van der Waals surface area (Å²) in [5.41, 5.74) is 3.72. The van der Waals surface area contributed by atoms with Crippen LogP contribution < -0.4 is 10.1 Å². The number of nitrogens with one attached hydrogen (secondary N) is 1. The molecule has 18 heavy (non-hydrogen) atoms. The SMILES string of the molecule is COc1cc(C)c(C)cc1NC1CCN(C)CC1. The molecule has 0 bridgehead atoms. The molecule has 0 amide bonds. The van der Waals surface area contributed by atoms with Gasteiger partial charge in [-0.2, -0.15) is 0 Å². The summed E-state index contributed by atoms with van der Waals surface area (Å²) in [6.07, 6.45) is 2.40. The molecule has 0 saturated carbocycles. The minimum atomic E-state index is 0.567. The predicted molar refractivity (Wildman–Crippen MR) is 76.6 cm³/mol. The number of hydrogen-bond acceptors (Lipinski definition) is 3. The van der Waals surface area contributed by atoms with Crippen molar-refractivity contribution in [2.75, 3.05) is 32.6 Å². The van der Waals surface area contributed by atoms with Gasteiger partial charge in [-0.05, 0) is 70.1 Å². The van der Waals surface area contributed by atoms with Crippen LogP contribution in [0.1, 0.15) is 24.0 Å². The van der Waals surface area contributed by atoms with Crippen molar-refractivity contribution in [3.05, 3.63) is 23.3 Å². The molecule has 2 rings (SSSR count). The Kier molecular flexibility index (Phi) is 4.12. The average Bonchev–Trinajstić information content (AvgIpc) is 2.36. The van der Waals surface area contributed by atoms with Crippen LogP contribution >= 0.6 is 0 Å². The Morgan fingerprint density at radius 1 is 1.17 bits per heavy atom. The van der Waals surface area contributed by atoms with Crippen LogP contribution in [-0.2, 0) is 0 Å². The summed E-state index contributed by atoms with van der Waals surface area (Å²) >= 11 is 0. The lowest BCUT2D eigenvalue weighted by atomic mass is 10.0. The number of rotatable bonds is 3. The predicted octanol–water partition coefficient (Wildman–Crippen LogP) is 2.82. The second-order valence-corrected chi connectivity index (χ2v) is 5.36. The van der Waals surface area contributed by atoms with Crippen molar-refractivity contribution in [2.24, 2.45) is 0 Å². The summed E-state index contributed by atoms with van der Waals surface area (Å²) in [6.45, 7) is 6.61. The van der Waals surface area contributed by atoms with E-state index in [0.29, 0.717) is 6.04 Å². The quantitative estimate of drug-likeness (QED) is 0.890. The Balaban J connectivity index is 2.10. The zero-order valence-electron chi connectivity index (χ0n) is 11.9. The van der Waals surface area contributed by atoms with E-state index in [0.717, 1.165) is 11.4 Å². The van der Waals surface area contributed by atoms with Crippen LogP contribution in [0.5, 0.6) is 5.75 Å². The number of likely N-dealkylation sites (tertiary alicyclic amines) is 1. The fourth-order valence-corrected chi connectivity index (χ4v) is 2.44. The Labute approximate surface area is 110 Å². The Hall–Kier alpha value is -1.22. The Morgan fingerprint density at radius 3 is 2.39 bits per heavy atom. The zero-order valence-corrected chi connectivity index (χ0v) is 11.9. The van der Waals surface area contributed by atoms with Crippen LogP contribution in [0.4, 0.5) is 5.69 Å². The molecule has 3 nitrogen and oxygen atoms in total. The third kappa shape index (κ3) is 2.96. The maximum absolute atomic E-state index is 5.47. The summed E-state index contributed by atoms with van der Waals surface area (Å²) < 4.78 is 5.47. The second kappa shape index (κ2) is 5.61. The first-order valence-electron chi connectivity index (χ1n) is 6.70. The number of nitrogens with zero attached hydrogens (tertiary/aromatic N) is 1. The van der Waals surface area contributed by atoms with Crippen molar-refractivity contribution in [3.8, 4) is 5.75 Å². The molecule has 0 atom stereocenters. The van der Waals surface area contributed by atoms with Gasteiger partial charge in [-0.25, -0.2) is 0 Å².